The number of phenols is 1. The predicted octanol–water partition coefficient (Wildman–Crippen LogP) is 2.33. The summed E-state index contributed by atoms with van der Waals surface area (Å²) in [7, 11) is -0.569. The topological polar surface area (TPSA) is 51.7 Å². The molecule has 106 valence electrons. The maximum absolute atomic E-state index is 9.49. The van der Waals surface area contributed by atoms with Gasteiger partial charge in [0, 0.05) is 0 Å². The minimum absolute atomic E-state index is 0. The Labute approximate surface area is 125 Å². The van der Waals surface area contributed by atoms with E-state index in [0.717, 1.165) is 0 Å². The molecule has 0 radical (unpaired) electrons. The Morgan fingerprint density at radius 2 is 0.905 bits per heavy atom. The zero-order chi connectivity index (χ0) is 13.8. The number of rotatable bonds is 3. The van der Waals surface area contributed by atoms with Crippen LogP contribution in [0.1, 0.15) is 0 Å². The molecule has 3 aromatic carbocycles. The molecule has 3 heteroatoms. The molecule has 2 nitrogen and oxygen atoms in total. The van der Waals surface area contributed by atoms with Crippen LogP contribution >= 0.6 is 7.92 Å². The van der Waals surface area contributed by atoms with Crippen LogP contribution in [0.5, 0.6) is 5.75 Å². The highest BCUT2D eigenvalue weighted by Crippen LogP contribution is 2.32. The van der Waals surface area contributed by atoms with E-state index in [4.69, 9.17) is 0 Å². The van der Waals surface area contributed by atoms with Gasteiger partial charge in [-0.25, -0.2) is 0 Å². The summed E-state index contributed by atoms with van der Waals surface area (Å²) < 4.78 is 0. The second-order valence-electron chi connectivity index (χ2n) is 4.52. The first-order valence-electron chi connectivity index (χ1n) is 6.54. The van der Waals surface area contributed by atoms with E-state index in [1.807, 2.05) is 24.3 Å². The Balaban J connectivity index is 0.00000161. The summed E-state index contributed by atoms with van der Waals surface area (Å²) in [6.45, 7) is 0. The third-order valence-electron chi connectivity index (χ3n) is 3.14. The Bertz CT molecular complexity index is 627. The van der Waals surface area contributed by atoms with Crippen LogP contribution in [-0.2, 0) is 0 Å². The average Bonchev–Trinajstić information content (AvgIpc) is 2.52. The van der Waals surface area contributed by atoms with Crippen molar-refractivity contribution in [3.05, 3.63) is 84.9 Å². The van der Waals surface area contributed by atoms with Gasteiger partial charge in [-0.2, -0.15) is 0 Å². The molecule has 0 heterocycles. The van der Waals surface area contributed by atoms with Gasteiger partial charge in [0.2, 0.25) is 0 Å². The normalized spacial score (nSPS) is 10.1. The minimum Gasteiger partial charge on any atom is -0.508 e. The number of hydrogen-bond acceptors (Lipinski definition) is 1. The zero-order valence-electron chi connectivity index (χ0n) is 11.5. The van der Waals surface area contributed by atoms with Gasteiger partial charge in [-0.15, -0.1) is 0 Å². The molecule has 3 rings (SSSR count). The zero-order valence-corrected chi connectivity index (χ0v) is 12.4. The van der Waals surface area contributed by atoms with E-state index in [9.17, 15) is 5.11 Å². The van der Waals surface area contributed by atoms with Gasteiger partial charge in [-0.3, -0.25) is 0 Å². The van der Waals surface area contributed by atoms with Crippen molar-refractivity contribution in [1.82, 2.24) is 0 Å². The molecule has 3 N–H and O–H groups in total. The van der Waals surface area contributed by atoms with Crippen molar-refractivity contribution in [3.8, 4) is 5.75 Å². The molecule has 0 atom stereocenters. The quantitative estimate of drug-likeness (QED) is 0.741. The van der Waals surface area contributed by atoms with Gasteiger partial charge < -0.3 is 10.6 Å². The van der Waals surface area contributed by atoms with E-state index in [1.54, 1.807) is 12.1 Å². The molecule has 0 aliphatic carbocycles. The highest BCUT2D eigenvalue weighted by molar-refractivity contribution is 7.79. The molecule has 0 spiro atoms. The number of phenolic OH excluding ortho intramolecular Hbond substituents is 1. The number of hydrogen-bond donors (Lipinski definition) is 1. The van der Waals surface area contributed by atoms with E-state index < -0.39 is 7.92 Å². The van der Waals surface area contributed by atoms with E-state index in [0.29, 0.717) is 5.75 Å². The van der Waals surface area contributed by atoms with E-state index in [2.05, 4.69) is 48.5 Å². The van der Waals surface area contributed by atoms with Crippen LogP contribution < -0.4 is 15.9 Å². The molecule has 0 amide bonds. The van der Waals surface area contributed by atoms with Crippen molar-refractivity contribution in [1.29, 1.82) is 0 Å². The van der Waals surface area contributed by atoms with Crippen LogP contribution in [0.15, 0.2) is 84.9 Å². The maximum Gasteiger partial charge on any atom is 0.115 e. The number of aromatic hydroxyl groups is 1. The Morgan fingerprint density at radius 3 is 1.33 bits per heavy atom. The summed E-state index contributed by atoms with van der Waals surface area (Å²) in [5, 5.41) is 13.4. The van der Waals surface area contributed by atoms with Crippen molar-refractivity contribution in [3.63, 3.8) is 0 Å². The van der Waals surface area contributed by atoms with E-state index in [-0.39, 0.29) is 5.48 Å². The second kappa shape index (κ2) is 7.03. The minimum atomic E-state index is -0.569. The third kappa shape index (κ3) is 3.49. The summed E-state index contributed by atoms with van der Waals surface area (Å²) in [5.41, 5.74) is 0. The molecule has 0 aliphatic heterocycles. The first kappa shape index (κ1) is 15.2. The van der Waals surface area contributed by atoms with Crippen LogP contribution in [0.25, 0.3) is 0 Å². The highest BCUT2D eigenvalue weighted by Gasteiger charge is 2.15. The maximum atomic E-state index is 9.49. The van der Waals surface area contributed by atoms with Gasteiger partial charge >= 0.3 is 0 Å². The Kier molecular flexibility index (Phi) is 5.10. The molecule has 0 aromatic heterocycles. The SMILES string of the molecule is O.Oc1ccc(P(c2ccccc2)c2ccccc2)cc1. The van der Waals surface area contributed by atoms with Crippen LogP contribution in [0.4, 0.5) is 0 Å². The predicted molar refractivity (Wildman–Crippen MR) is 90.4 cm³/mol. The fourth-order valence-electron chi connectivity index (χ4n) is 2.20. The van der Waals surface area contributed by atoms with Crippen molar-refractivity contribution in [2.24, 2.45) is 0 Å². The summed E-state index contributed by atoms with van der Waals surface area (Å²) in [4.78, 5) is 0. The Morgan fingerprint density at radius 1 is 0.524 bits per heavy atom. The second-order valence-corrected chi connectivity index (χ2v) is 6.74. The lowest BCUT2D eigenvalue weighted by molar-refractivity contribution is 0.475. The smallest absolute Gasteiger partial charge is 0.115 e. The fourth-order valence-corrected chi connectivity index (χ4v) is 4.49. The number of benzene rings is 3. The van der Waals surface area contributed by atoms with Crippen LogP contribution in [0, 0.1) is 0 Å². The fraction of sp³-hybridized carbons (Fsp3) is 0. The summed E-state index contributed by atoms with van der Waals surface area (Å²) in [6, 6.07) is 28.6. The van der Waals surface area contributed by atoms with Crippen molar-refractivity contribution < 1.29 is 10.6 Å². The molecule has 0 saturated carbocycles. The Hall–Kier alpha value is -2.15. The van der Waals surface area contributed by atoms with Gasteiger partial charge in [-0.05, 0) is 36.0 Å². The van der Waals surface area contributed by atoms with E-state index in [1.165, 1.54) is 15.9 Å². The molecule has 0 fully saturated rings. The summed E-state index contributed by atoms with van der Waals surface area (Å²) in [6.07, 6.45) is 0. The van der Waals surface area contributed by atoms with Crippen molar-refractivity contribution in [2.45, 2.75) is 0 Å². The standard InChI is InChI=1S/C18H15OP.H2O/c19-15-11-13-18(14-12-15)20(16-7-3-1-4-8-16)17-9-5-2-6-10-17;/h1-14,19H;1H2. The van der Waals surface area contributed by atoms with Gasteiger partial charge in [0.05, 0.1) is 0 Å². The monoisotopic (exact) mass is 296 g/mol. The molecular weight excluding hydrogens is 279 g/mol. The van der Waals surface area contributed by atoms with Crippen molar-refractivity contribution in [2.75, 3.05) is 0 Å². The molecular formula is C18H17O2P. The largest absolute Gasteiger partial charge is 0.508 e. The first-order chi connectivity index (χ1) is 9.84. The summed E-state index contributed by atoms with van der Waals surface area (Å²) in [5.74, 6) is 0.310. The first-order valence-corrected chi connectivity index (χ1v) is 7.88. The molecule has 0 saturated heterocycles. The molecule has 21 heavy (non-hydrogen) atoms. The van der Waals surface area contributed by atoms with Crippen LogP contribution in [0.2, 0.25) is 0 Å². The summed E-state index contributed by atoms with van der Waals surface area (Å²) >= 11 is 0. The van der Waals surface area contributed by atoms with Gasteiger partial charge in [0.1, 0.15) is 5.75 Å². The van der Waals surface area contributed by atoms with Gasteiger partial charge in [0.15, 0.2) is 0 Å². The lowest BCUT2D eigenvalue weighted by atomic mass is 10.3. The van der Waals surface area contributed by atoms with Crippen molar-refractivity contribution >= 4 is 23.8 Å². The van der Waals surface area contributed by atoms with Crippen LogP contribution in [-0.4, -0.2) is 10.6 Å². The average molecular weight is 296 g/mol. The molecule has 0 aliphatic rings. The third-order valence-corrected chi connectivity index (χ3v) is 5.58. The highest BCUT2D eigenvalue weighted by atomic mass is 31.1. The van der Waals surface area contributed by atoms with Crippen LogP contribution in [0.3, 0.4) is 0 Å². The molecule has 3 aromatic rings. The van der Waals surface area contributed by atoms with Gasteiger partial charge in [0.25, 0.3) is 0 Å². The lowest BCUT2D eigenvalue weighted by Crippen LogP contribution is -2.20. The van der Waals surface area contributed by atoms with E-state index >= 15 is 0 Å². The lowest BCUT2D eigenvalue weighted by Gasteiger charge is -2.19. The van der Waals surface area contributed by atoms with Gasteiger partial charge in [-0.1, -0.05) is 72.8 Å². The molecule has 0 bridgehead atoms. The molecule has 0 unspecified atom stereocenters.